The molecule has 2 atom stereocenters. The molecule has 0 bridgehead atoms. The Morgan fingerprint density at radius 1 is 0.426 bits per heavy atom. The van der Waals surface area contributed by atoms with Crippen molar-refractivity contribution < 1.29 is 0 Å². The first-order chi connectivity index (χ1) is 30.1. The number of aromatic nitrogens is 4. The van der Waals surface area contributed by atoms with Gasteiger partial charge in [-0.1, -0.05) is 170 Å². The van der Waals surface area contributed by atoms with Crippen molar-refractivity contribution in [3.8, 4) is 45.0 Å². The molecule has 0 saturated heterocycles. The van der Waals surface area contributed by atoms with Gasteiger partial charge in [-0.25, -0.2) is 19.9 Å². The summed E-state index contributed by atoms with van der Waals surface area (Å²) in [7, 11) is 0. The normalized spacial score (nSPS) is 17.3. The summed E-state index contributed by atoms with van der Waals surface area (Å²) in [6.45, 7) is 2.40. The Bertz CT molecular complexity index is 3100. The van der Waals surface area contributed by atoms with Crippen LogP contribution in [0.5, 0.6) is 0 Å². The Morgan fingerprint density at radius 3 is 1.43 bits per heavy atom. The number of hydrogen-bond acceptors (Lipinski definition) is 6. The molecule has 2 unspecified atom stereocenters. The molecule has 6 nitrogen and oxygen atoms in total. The van der Waals surface area contributed by atoms with Crippen LogP contribution in [0.1, 0.15) is 24.0 Å². The van der Waals surface area contributed by atoms with Crippen LogP contribution in [-0.4, -0.2) is 19.9 Å². The number of para-hydroxylation sites is 1. The van der Waals surface area contributed by atoms with Crippen LogP contribution >= 0.6 is 0 Å². The minimum Gasteiger partial charge on any atom is -0.282 e. The van der Waals surface area contributed by atoms with Gasteiger partial charge in [0.25, 0.3) is 0 Å². The van der Waals surface area contributed by atoms with Crippen molar-refractivity contribution in [2.45, 2.75) is 18.3 Å². The van der Waals surface area contributed by atoms with E-state index in [2.05, 4.69) is 199 Å². The number of benzene rings is 7. The molecule has 0 N–H and O–H groups in total. The fraction of sp³-hybridized carbons (Fsp3) is 0.0545. The molecule has 288 valence electrons. The zero-order chi connectivity index (χ0) is 40.5. The van der Waals surface area contributed by atoms with Gasteiger partial charge in [-0.15, -0.1) is 0 Å². The molecule has 0 saturated carbocycles. The van der Waals surface area contributed by atoms with Gasteiger partial charge in [0, 0.05) is 45.0 Å². The van der Waals surface area contributed by atoms with E-state index in [4.69, 9.17) is 19.9 Å². The maximum atomic E-state index is 5.40. The smallest absolute Gasteiger partial charge is 0.235 e. The lowest BCUT2D eigenvalue weighted by molar-refractivity contribution is 0.496. The van der Waals surface area contributed by atoms with Gasteiger partial charge in [-0.2, -0.15) is 0 Å². The van der Waals surface area contributed by atoms with Crippen LogP contribution in [0.25, 0.3) is 55.8 Å². The molecular formula is C55H38N6. The number of hydrogen-bond donors (Lipinski definition) is 0. The standard InChI is InChI=1S/C55H38N6/c1-55-42-28-16-17-29-47(42)61(54-58-45(39-23-10-4-11-24-39)35-46(59-54)40-25-12-5-13-26-40)50(55)33-32-49-52(55)51-41-27-15-14-18-36(41)30-31-48(51)60(49)53-56-43(37-19-6-2-7-20-37)34-44(57-53)38-21-8-3-9-22-38/h2-35,52H,1H3. The molecule has 3 aliphatic rings. The molecule has 0 spiro atoms. The number of allylic oxidation sites excluding steroid dienone is 4. The Balaban J connectivity index is 1.11. The maximum Gasteiger partial charge on any atom is 0.235 e. The van der Waals surface area contributed by atoms with Crippen molar-refractivity contribution in [3.05, 3.63) is 229 Å². The van der Waals surface area contributed by atoms with Crippen LogP contribution in [0, 0.1) is 0 Å². The molecule has 0 amide bonds. The largest absolute Gasteiger partial charge is 0.282 e. The predicted molar refractivity (Wildman–Crippen MR) is 247 cm³/mol. The van der Waals surface area contributed by atoms with Gasteiger partial charge in [0.05, 0.1) is 34.2 Å². The van der Waals surface area contributed by atoms with Crippen LogP contribution in [0.15, 0.2) is 218 Å². The third-order valence-electron chi connectivity index (χ3n) is 12.6. The van der Waals surface area contributed by atoms with E-state index in [1.165, 1.54) is 21.9 Å². The number of anilines is 4. The van der Waals surface area contributed by atoms with Gasteiger partial charge < -0.3 is 0 Å². The van der Waals surface area contributed by atoms with Gasteiger partial charge in [0.2, 0.25) is 11.9 Å². The summed E-state index contributed by atoms with van der Waals surface area (Å²) in [5.41, 5.74) is 14.0. The maximum absolute atomic E-state index is 5.40. The number of rotatable bonds is 6. The van der Waals surface area contributed by atoms with Crippen molar-refractivity contribution in [1.29, 1.82) is 0 Å². The minimum atomic E-state index is -0.535. The lowest BCUT2D eigenvalue weighted by atomic mass is 9.65. The van der Waals surface area contributed by atoms with E-state index in [0.29, 0.717) is 11.9 Å². The summed E-state index contributed by atoms with van der Waals surface area (Å²) in [5, 5.41) is 2.41. The summed E-state index contributed by atoms with van der Waals surface area (Å²) in [4.78, 5) is 26.2. The highest BCUT2D eigenvalue weighted by Crippen LogP contribution is 2.65. The van der Waals surface area contributed by atoms with E-state index in [1.54, 1.807) is 0 Å². The Labute approximate surface area is 354 Å². The summed E-state index contributed by atoms with van der Waals surface area (Å²) in [5.74, 6) is 1.18. The number of nitrogens with zero attached hydrogens (tertiary/aromatic N) is 6. The summed E-state index contributed by atoms with van der Waals surface area (Å²) in [6, 6.07) is 67.9. The second kappa shape index (κ2) is 13.8. The second-order valence-corrected chi connectivity index (χ2v) is 16.0. The zero-order valence-electron chi connectivity index (χ0n) is 33.4. The molecular weight excluding hydrogens is 745 g/mol. The minimum absolute atomic E-state index is 0.102. The zero-order valence-corrected chi connectivity index (χ0v) is 33.4. The van der Waals surface area contributed by atoms with Gasteiger partial charge in [0.15, 0.2) is 0 Å². The van der Waals surface area contributed by atoms with Crippen molar-refractivity contribution in [1.82, 2.24) is 19.9 Å². The molecule has 0 fully saturated rings. The monoisotopic (exact) mass is 782 g/mol. The van der Waals surface area contributed by atoms with E-state index in [1.807, 2.05) is 24.3 Å². The fourth-order valence-electron chi connectivity index (χ4n) is 9.81. The first-order valence-corrected chi connectivity index (χ1v) is 20.8. The van der Waals surface area contributed by atoms with E-state index in [9.17, 15) is 0 Å². The Morgan fingerprint density at radius 2 is 0.885 bits per heavy atom. The molecule has 2 aliphatic heterocycles. The quantitative estimate of drug-likeness (QED) is 0.167. The van der Waals surface area contributed by atoms with E-state index in [0.717, 1.165) is 67.8 Å². The molecule has 7 aromatic carbocycles. The molecule has 6 heteroatoms. The van der Waals surface area contributed by atoms with E-state index in [-0.39, 0.29) is 5.92 Å². The predicted octanol–water partition coefficient (Wildman–Crippen LogP) is 13.2. The fourth-order valence-corrected chi connectivity index (χ4v) is 9.81. The summed E-state index contributed by atoms with van der Waals surface area (Å²) >= 11 is 0. The molecule has 61 heavy (non-hydrogen) atoms. The van der Waals surface area contributed by atoms with Crippen LogP contribution in [0.3, 0.4) is 0 Å². The van der Waals surface area contributed by atoms with Crippen LogP contribution in [0.4, 0.5) is 23.3 Å². The van der Waals surface area contributed by atoms with Gasteiger partial charge >= 0.3 is 0 Å². The molecule has 2 aromatic heterocycles. The Kier molecular flexibility index (Phi) is 7.94. The average molecular weight is 783 g/mol. The molecule has 12 rings (SSSR count). The SMILES string of the molecule is CC12C(=CC=C3C1c1c(ccc4ccccc14)N3c1nc(-c3ccccc3)cc(-c3ccccc3)n1)N(c1nc(-c3ccccc3)cc(-c3ccccc3)n1)c1ccccc12. The highest BCUT2D eigenvalue weighted by atomic mass is 15.3. The van der Waals surface area contributed by atoms with Gasteiger partial charge in [0.1, 0.15) is 0 Å². The molecule has 4 heterocycles. The van der Waals surface area contributed by atoms with Gasteiger partial charge in [-0.3, -0.25) is 9.80 Å². The average Bonchev–Trinajstić information content (AvgIpc) is 3.83. The first-order valence-electron chi connectivity index (χ1n) is 20.8. The van der Waals surface area contributed by atoms with Crippen LogP contribution < -0.4 is 9.80 Å². The van der Waals surface area contributed by atoms with Crippen molar-refractivity contribution >= 4 is 34.0 Å². The van der Waals surface area contributed by atoms with Gasteiger partial charge in [-0.05, 0) is 65.2 Å². The summed E-state index contributed by atoms with van der Waals surface area (Å²) < 4.78 is 0. The lowest BCUT2D eigenvalue weighted by Gasteiger charge is -2.39. The van der Waals surface area contributed by atoms with Crippen LogP contribution in [0.2, 0.25) is 0 Å². The van der Waals surface area contributed by atoms with Crippen molar-refractivity contribution in [2.75, 3.05) is 9.80 Å². The van der Waals surface area contributed by atoms with Crippen LogP contribution in [-0.2, 0) is 5.41 Å². The third-order valence-corrected chi connectivity index (χ3v) is 12.6. The Hall–Kier alpha value is -7.96. The number of fused-ring (bicyclic) bond motifs is 9. The highest BCUT2D eigenvalue weighted by molar-refractivity contribution is 5.98. The molecule has 9 aromatic rings. The van der Waals surface area contributed by atoms with E-state index >= 15 is 0 Å². The topological polar surface area (TPSA) is 58.0 Å². The summed E-state index contributed by atoms with van der Waals surface area (Å²) in [6.07, 6.45) is 4.57. The first kappa shape index (κ1) is 35.0. The van der Waals surface area contributed by atoms with Crippen molar-refractivity contribution in [3.63, 3.8) is 0 Å². The van der Waals surface area contributed by atoms with E-state index < -0.39 is 5.41 Å². The van der Waals surface area contributed by atoms with Crippen molar-refractivity contribution in [2.24, 2.45) is 0 Å². The highest BCUT2D eigenvalue weighted by Gasteiger charge is 2.57. The third kappa shape index (κ3) is 5.49. The molecule has 0 radical (unpaired) electrons. The molecule has 1 aliphatic carbocycles. The second-order valence-electron chi connectivity index (χ2n) is 16.0. The lowest BCUT2D eigenvalue weighted by Crippen LogP contribution is -2.37.